The Kier molecular flexibility index (Phi) is 8.50. The molecule has 0 amide bonds. The number of aliphatic imine (C=N–C) groups is 1. The number of nitrogens with one attached hydrogen (secondary N) is 2. The summed E-state index contributed by atoms with van der Waals surface area (Å²) in [5.41, 5.74) is 9.00. The summed E-state index contributed by atoms with van der Waals surface area (Å²) in [5, 5.41) is 7.81. The number of nitrogens with two attached hydrogens (primary N) is 1. The van der Waals surface area contributed by atoms with E-state index < -0.39 is 0 Å². The van der Waals surface area contributed by atoms with E-state index in [1.807, 2.05) is 41.0 Å². The zero-order chi connectivity index (χ0) is 24.8. The number of halogens is 2. The Bertz CT molecular complexity index is 1160. The molecular weight excluding hydrogens is 479 g/mol. The summed E-state index contributed by atoms with van der Waals surface area (Å²) >= 11 is 13.1. The van der Waals surface area contributed by atoms with Crippen molar-refractivity contribution in [3.05, 3.63) is 82.2 Å². The fourth-order valence-corrected chi connectivity index (χ4v) is 5.01. The minimum Gasteiger partial charge on any atom is -0.383 e. The Morgan fingerprint density at radius 1 is 1.20 bits per heavy atom. The third-order valence-electron chi connectivity index (χ3n) is 6.47. The Morgan fingerprint density at radius 2 is 1.89 bits per heavy atom. The van der Waals surface area contributed by atoms with Gasteiger partial charge in [-0.3, -0.25) is 0 Å². The molecule has 0 spiro atoms. The van der Waals surface area contributed by atoms with Crippen molar-refractivity contribution < 1.29 is 0 Å². The van der Waals surface area contributed by atoms with Crippen LogP contribution in [-0.2, 0) is 6.54 Å². The second-order valence-corrected chi connectivity index (χ2v) is 9.73. The SMILES string of the molecule is C=C(N=Cc1nc(-c2c(Cl)cccc2Cl)n(CCC2CCNCC2)c1N)NC(C)c1ccccc1. The first-order valence-electron chi connectivity index (χ1n) is 12.0. The molecule has 8 heteroatoms. The summed E-state index contributed by atoms with van der Waals surface area (Å²) < 4.78 is 2.01. The summed E-state index contributed by atoms with van der Waals surface area (Å²) in [7, 11) is 0. The van der Waals surface area contributed by atoms with Gasteiger partial charge in [0.05, 0.1) is 21.8 Å². The molecule has 6 nitrogen and oxygen atoms in total. The van der Waals surface area contributed by atoms with Gasteiger partial charge in [-0.05, 0) is 62.9 Å². The van der Waals surface area contributed by atoms with Crippen LogP contribution in [0.5, 0.6) is 0 Å². The number of rotatable bonds is 9. The van der Waals surface area contributed by atoms with Crippen LogP contribution < -0.4 is 16.4 Å². The number of anilines is 1. The molecular formula is C27H32Cl2N6. The van der Waals surface area contributed by atoms with Crippen LogP contribution in [0.25, 0.3) is 11.4 Å². The molecule has 184 valence electrons. The molecule has 0 aliphatic carbocycles. The normalized spacial score (nSPS) is 15.4. The lowest BCUT2D eigenvalue weighted by atomic mass is 9.94. The number of hydrogen-bond acceptors (Lipinski definition) is 5. The lowest BCUT2D eigenvalue weighted by Gasteiger charge is -2.23. The number of hydrogen-bond donors (Lipinski definition) is 3. The van der Waals surface area contributed by atoms with Crippen molar-refractivity contribution >= 4 is 35.2 Å². The molecule has 1 unspecified atom stereocenters. The first kappa shape index (κ1) is 25.3. The summed E-state index contributed by atoms with van der Waals surface area (Å²) in [6.07, 6.45) is 4.99. The average Bonchev–Trinajstić information content (AvgIpc) is 3.17. The highest BCUT2D eigenvalue weighted by atomic mass is 35.5. The molecule has 1 aromatic heterocycles. The third kappa shape index (κ3) is 6.26. The highest BCUT2D eigenvalue weighted by molar-refractivity contribution is 6.39. The van der Waals surface area contributed by atoms with Crippen LogP contribution in [0, 0.1) is 5.92 Å². The van der Waals surface area contributed by atoms with Crippen LogP contribution in [0.4, 0.5) is 5.82 Å². The molecule has 4 N–H and O–H groups in total. The molecule has 1 saturated heterocycles. The highest BCUT2D eigenvalue weighted by Gasteiger charge is 2.21. The monoisotopic (exact) mass is 510 g/mol. The molecule has 0 bridgehead atoms. The molecule has 1 fully saturated rings. The second kappa shape index (κ2) is 11.8. The van der Waals surface area contributed by atoms with E-state index >= 15 is 0 Å². The van der Waals surface area contributed by atoms with Crippen LogP contribution in [0.2, 0.25) is 10.0 Å². The number of nitrogens with zero attached hydrogens (tertiary/aromatic N) is 3. The van der Waals surface area contributed by atoms with Crippen LogP contribution in [0.3, 0.4) is 0 Å². The number of benzene rings is 2. The predicted molar refractivity (Wildman–Crippen MR) is 147 cm³/mol. The molecule has 1 aliphatic rings. The number of nitrogen functional groups attached to an aromatic ring is 1. The van der Waals surface area contributed by atoms with Crippen molar-refractivity contribution in [3.63, 3.8) is 0 Å². The lowest BCUT2D eigenvalue weighted by Crippen LogP contribution is -2.28. The van der Waals surface area contributed by atoms with E-state index in [1.165, 1.54) is 0 Å². The number of imidazole rings is 1. The number of piperidine rings is 1. The van der Waals surface area contributed by atoms with Gasteiger partial charge < -0.3 is 20.9 Å². The Labute approximate surface area is 217 Å². The predicted octanol–water partition coefficient (Wildman–Crippen LogP) is 6.07. The Balaban J connectivity index is 1.58. The maximum atomic E-state index is 6.60. The fourth-order valence-electron chi connectivity index (χ4n) is 4.44. The lowest BCUT2D eigenvalue weighted by molar-refractivity contribution is 0.339. The van der Waals surface area contributed by atoms with E-state index in [0.29, 0.717) is 44.7 Å². The first-order valence-corrected chi connectivity index (χ1v) is 12.7. The van der Waals surface area contributed by atoms with Gasteiger partial charge in [0.15, 0.2) is 0 Å². The van der Waals surface area contributed by atoms with Gasteiger partial charge in [0, 0.05) is 12.6 Å². The molecule has 2 heterocycles. The summed E-state index contributed by atoms with van der Waals surface area (Å²) in [4.78, 5) is 9.32. The van der Waals surface area contributed by atoms with Crippen LogP contribution >= 0.6 is 23.2 Å². The van der Waals surface area contributed by atoms with Gasteiger partial charge in [0.2, 0.25) is 0 Å². The van der Waals surface area contributed by atoms with Gasteiger partial charge in [-0.1, -0.05) is 66.2 Å². The smallest absolute Gasteiger partial charge is 0.145 e. The standard InChI is InChI=1S/C27H32Cl2N6/c1-18(21-7-4-3-5-8-21)33-19(2)32-17-24-26(30)35(16-13-20-11-14-31-15-12-20)27(34-24)25-22(28)9-6-10-23(25)29/h3-10,17-18,20,31,33H,2,11-16,30H2,1H3. The maximum absolute atomic E-state index is 6.60. The molecule has 1 aliphatic heterocycles. The van der Waals surface area contributed by atoms with Crippen LogP contribution in [0.1, 0.15) is 43.5 Å². The van der Waals surface area contributed by atoms with E-state index in [4.69, 9.17) is 33.9 Å². The molecule has 4 rings (SSSR count). The van der Waals surface area contributed by atoms with Gasteiger partial charge in [0.25, 0.3) is 0 Å². The molecule has 0 radical (unpaired) electrons. The van der Waals surface area contributed by atoms with Crippen molar-refractivity contribution in [1.82, 2.24) is 20.2 Å². The van der Waals surface area contributed by atoms with E-state index in [9.17, 15) is 0 Å². The zero-order valence-electron chi connectivity index (χ0n) is 20.0. The molecule has 0 saturated carbocycles. The quantitative estimate of drug-likeness (QED) is 0.305. The zero-order valence-corrected chi connectivity index (χ0v) is 21.5. The van der Waals surface area contributed by atoms with Crippen molar-refractivity contribution in [1.29, 1.82) is 0 Å². The van der Waals surface area contributed by atoms with Crippen molar-refractivity contribution in [2.45, 2.75) is 38.8 Å². The van der Waals surface area contributed by atoms with Gasteiger partial charge in [-0.25, -0.2) is 9.98 Å². The number of aromatic nitrogens is 2. The van der Waals surface area contributed by atoms with E-state index in [-0.39, 0.29) is 6.04 Å². The first-order chi connectivity index (χ1) is 16.9. The topological polar surface area (TPSA) is 80.3 Å². The van der Waals surface area contributed by atoms with Gasteiger partial charge >= 0.3 is 0 Å². The second-order valence-electron chi connectivity index (χ2n) is 8.92. The average molecular weight is 512 g/mol. The maximum Gasteiger partial charge on any atom is 0.145 e. The molecule has 1 atom stereocenters. The molecule has 2 aromatic carbocycles. The van der Waals surface area contributed by atoms with Crippen molar-refractivity contribution in [3.8, 4) is 11.4 Å². The van der Waals surface area contributed by atoms with Crippen molar-refractivity contribution in [2.24, 2.45) is 10.9 Å². The highest BCUT2D eigenvalue weighted by Crippen LogP contribution is 2.36. The van der Waals surface area contributed by atoms with E-state index in [1.54, 1.807) is 6.21 Å². The minimum atomic E-state index is 0.0678. The van der Waals surface area contributed by atoms with E-state index in [0.717, 1.165) is 44.5 Å². The Hall–Kier alpha value is -2.80. The van der Waals surface area contributed by atoms with Crippen LogP contribution in [0.15, 0.2) is 65.9 Å². The summed E-state index contributed by atoms with van der Waals surface area (Å²) in [6, 6.07) is 15.7. The van der Waals surface area contributed by atoms with Crippen LogP contribution in [-0.4, -0.2) is 28.9 Å². The van der Waals surface area contributed by atoms with Gasteiger partial charge in [-0.15, -0.1) is 0 Å². The summed E-state index contributed by atoms with van der Waals surface area (Å²) in [6.45, 7) is 8.96. The summed E-state index contributed by atoms with van der Waals surface area (Å²) in [5.74, 6) is 2.37. The fraction of sp³-hybridized carbons (Fsp3) is 0.333. The molecule has 35 heavy (non-hydrogen) atoms. The largest absolute Gasteiger partial charge is 0.383 e. The van der Waals surface area contributed by atoms with Gasteiger partial charge in [0.1, 0.15) is 23.2 Å². The van der Waals surface area contributed by atoms with Crippen molar-refractivity contribution in [2.75, 3.05) is 18.8 Å². The van der Waals surface area contributed by atoms with E-state index in [2.05, 4.69) is 41.3 Å². The van der Waals surface area contributed by atoms with Gasteiger partial charge in [-0.2, -0.15) is 0 Å². The molecule has 3 aromatic rings. The third-order valence-corrected chi connectivity index (χ3v) is 7.10. The minimum absolute atomic E-state index is 0.0678. The Morgan fingerprint density at radius 3 is 2.57 bits per heavy atom.